The van der Waals surface area contributed by atoms with Gasteiger partial charge < -0.3 is 0 Å². The van der Waals surface area contributed by atoms with Crippen molar-refractivity contribution in [2.45, 2.75) is 207 Å². The molecule has 0 fully saturated rings. The third kappa shape index (κ3) is 18.3. The van der Waals surface area contributed by atoms with Crippen molar-refractivity contribution in [2.75, 3.05) is 0 Å². The summed E-state index contributed by atoms with van der Waals surface area (Å²) in [5.74, 6) is 0. The van der Waals surface area contributed by atoms with Gasteiger partial charge in [0, 0.05) is 68.3 Å². The van der Waals surface area contributed by atoms with Gasteiger partial charge in [-0.15, -0.1) is 90.7 Å². The molecule has 0 nitrogen and oxygen atoms in total. The SMILES string of the molecule is CCCCCCCCc1ccsc1-c1ccc(-c2ccc(-c3sc(/C=C/c4ccc5cc6cc(/C=C/c7cc(CCCCCCCC)c(-c8ccc(-c9ccc(-c%10sccc%10CCCCCCCC)s9)s8)s7)ccc6cc5c4)cc3CCCCCCCC)s2)s1. The molecule has 8 heteroatoms. The van der Waals surface area contributed by atoms with Gasteiger partial charge in [0.2, 0.25) is 0 Å². The summed E-state index contributed by atoms with van der Waals surface area (Å²) in [5.41, 5.74) is 8.59. The van der Waals surface area contributed by atoms with Crippen molar-refractivity contribution < 1.29 is 0 Å². The van der Waals surface area contributed by atoms with Crippen LogP contribution in [0.1, 0.15) is 225 Å². The zero-order valence-corrected chi connectivity index (χ0v) is 60.6. The van der Waals surface area contributed by atoms with Crippen molar-refractivity contribution in [1.29, 1.82) is 0 Å². The Labute approximate surface area is 572 Å². The minimum atomic E-state index is 1.14. The van der Waals surface area contributed by atoms with Crippen LogP contribution in [-0.2, 0) is 25.7 Å². The van der Waals surface area contributed by atoms with Crippen LogP contribution in [0.15, 0.2) is 132 Å². The second kappa shape index (κ2) is 35.0. The van der Waals surface area contributed by atoms with E-state index in [1.165, 1.54) is 290 Å². The molecule has 11 aromatic rings. The van der Waals surface area contributed by atoms with Crippen molar-refractivity contribution in [3.63, 3.8) is 0 Å². The van der Waals surface area contributed by atoms with Crippen LogP contribution in [0.25, 0.3) is 104 Å². The molecule has 3 aromatic carbocycles. The molecule has 90 heavy (non-hydrogen) atoms. The third-order valence-electron chi connectivity index (χ3n) is 17.9. The first-order valence-electron chi connectivity index (χ1n) is 34.6. The van der Waals surface area contributed by atoms with E-state index in [1.807, 2.05) is 90.7 Å². The largest absolute Gasteiger partial charge is 0.143 e. The summed E-state index contributed by atoms with van der Waals surface area (Å²) in [6.45, 7) is 9.23. The highest BCUT2D eigenvalue weighted by Crippen LogP contribution is 2.48. The summed E-state index contributed by atoms with van der Waals surface area (Å²) >= 11 is 15.7. The molecule has 0 N–H and O–H groups in total. The molecule has 0 radical (unpaired) electrons. The Morgan fingerprint density at radius 3 is 0.911 bits per heavy atom. The Bertz CT molecular complexity index is 3750. The van der Waals surface area contributed by atoms with Crippen LogP contribution in [-0.4, -0.2) is 0 Å². The maximum atomic E-state index is 2.50. The van der Waals surface area contributed by atoms with Gasteiger partial charge in [-0.3, -0.25) is 0 Å². The van der Waals surface area contributed by atoms with E-state index in [0.717, 1.165) is 12.8 Å². The maximum Gasteiger partial charge on any atom is 0.0481 e. The molecular formula is C82H94S8. The second-order valence-corrected chi connectivity index (χ2v) is 33.3. The van der Waals surface area contributed by atoms with E-state index in [2.05, 4.69) is 184 Å². The topological polar surface area (TPSA) is 0 Å². The second-order valence-electron chi connectivity index (χ2n) is 25.0. The fourth-order valence-electron chi connectivity index (χ4n) is 12.7. The van der Waals surface area contributed by atoms with Gasteiger partial charge in [-0.2, -0.15) is 0 Å². The number of fused-ring (bicyclic) bond motifs is 2. The average Bonchev–Trinajstić information content (AvgIpc) is 1.86. The third-order valence-corrected chi connectivity index (χ3v) is 27.5. The minimum absolute atomic E-state index is 1.14. The predicted octanol–water partition coefficient (Wildman–Crippen LogP) is 30.4. The van der Waals surface area contributed by atoms with Gasteiger partial charge >= 0.3 is 0 Å². The van der Waals surface area contributed by atoms with E-state index >= 15 is 0 Å². The molecule has 0 atom stereocenters. The van der Waals surface area contributed by atoms with Gasteiger partial charge in [-0.25, -0.2) is 0 Å². The number of rotatable bonds is 38. The van der Waals surface area contributed by atoms with Crippen LogP contribution >= 0.6 is 90.7 Å². The van der Waals surface area contributed by atoms with Gasteiger partial charge in [0.25, 0.3) is 0 Å². The molecule has 0 unspecified atom stereocenters. The number of unbranched alkanes of at least 4 members (excludes halogenated alkanes) is 20. The molecule has 0 aliphatic carbocycles. The maximum absolute atomic E-state index is 2.50. The van der Waals surface area contributed by atoms with Gasteiger partial charge in [-0.05, 0) is 226 Å². The lowest BCUT2D eigenvalue weighted by atomic mass is 9.99. The van der Waals surface area contributed by atoms with E-state index in [4.69, 9.17) is 0 Å². The molecule has 8 heterocycles. The summed E-state index contributed by atoms with van der Waals surface area (Å²) < 4.78 is 0. The molecule has 11 rings (SSSR count). The molecular weight excluding hydrogens is 1240 g/mol. The Hall–Kier alpha value is -4.74. The minimum Gasteiger partial charge on any atom is -0.143 e. The molecule has 8 aromatic heterocycles. The standard InChI is InChI=1S/C82H94S8/c1-5-9-13-17-21-25-29-61-49-51-83-79(61)75-45-41-71(87-75)73-43-47-77(89-73)81-65(31-27-23-19-15-11-7-3)57-69(85-81)39-35-59-33-37-63-56-68-54-60(34-38-64(68)55-67(63)53-59)36-40-70-58-66(32-28-24-20-16-12-8-4)82(86-70)78-48-44-74(90-78)72-42-46-76(88-72)80-62(50-52-84-80)30-26-22-18-14-10-6-2/h33-58H,5-32H2,1-4H3/b39-35+,40-36+. The van der Waals surface area contributed by atoms with Crippen molar-refractivity contribution in [3.05, 3.63) is 175 Å². The average molecular weight is 1340 g/mol. The Balaban J connectivity index is 0.764. The monoisotopic (exact) mass is 1330 g/mol. The molecule has 470 valence electrons. The predicted molar refractivity (Wildman–Crippen MR) is 416 cm³/mol. The van der Waals surface area contributed by atoms with Gasteiger partial charge in [0.05, 0.1) is 0 Å². The lowest BCUT2D eigenvalue weighted by Gasteiger charge is -2.05. The lowest BCUT2D eigenvalue weighted by Crippen LogP contribution is -1.86. The Kier molecular flexibility index (Phi) is 25.9. The zero-order valence-electron chi connectivity index (χ0n) is 54.1. The quantitative estimate of drug-likeness (QED) is 0.0267. The summed E-state index contributed by atoms with van der Waals surface area (Å²) in [7, 11) is 0. The molecule has 0 saturated heterocycles. The summed E-state index contributed by atoms with van der Waals surface area (Å²) in [4.78, 5) is 19.8. The van der Waals surface area contributed by atoms with Crippen molar-refractivity contribution in [2.24, 2.45) is 0 Å². The van der Waals surface area contributed by atoms with Crippen molar-refractivity contribution in [3.8, 4) is 58.5 Å². The first-order valence-corrected chi connectivity index (χ1v) is 41.2. The van der Waals surface area contributed by atoms with Crippen LogP contribution in [0.5, 0.6) is 0 Å². The van der Waals surface area contributed by atoms with E-state index in [9.17, 15) is 0 Å². The zero-order chi connectivity index (χ0) is 61.7. The van der Waals surface area contributed by atoms with Crippen LogP contribution in [0.3, 0.4) is 0 Å². The fraction of sp³-hybridized carbons (Fsp3) is 0.390. The molecule has 0 aliphatic heterocycles. The van der Waals surface area contributed by atoms with Gasteiger partial charge in [-0.1, -0.05) is 193 Å². The number of hydrogen-bond donors (Lipinski definition) is 0. The molecule has 0 saturated carbocycles. The highest BCUT2D eigenvalue weighted by molar-refractivity contribution is 7.29. The van der Waals surface area contributed by atoms with E-state index in [1.54, 1.807) is 0 Å². The first-order chi connectivity index (χ1) is 44.4. The molecule has 0 amide bonds. The highest BCUT2D eigenvalue weighted by atomic mass is 32.1. The summed E-state index contributed by atoms with van der Waals surface area (Å²) in [6.07, 6.45) is 46.0. The highest BCUT2D eigenvalue weighted by Gasteiger charge is 2.19. The van der Waals surface area contributed by atoms with Crippen molar-refractivity contribution >= 4 is 137 Å². The number of thiophene rings is 8. The normalized spacial score (nSPS) is 12.0. The fourth-order valence-corrected chi connectivity index (χ4v) is 21.7. The first kappa shape index (κ1) is 66.7. The van der Waals surface area contributed by atoms with Crippen LogP contribution in [0.4, 0.5) is 0 Å². The van der Waals surface area contributed by atoms with Crippen molar-refractivity contribution in [1.82, 2.24) is 0 Å². The molecule has 0 aliphatic rings. The number of hydrogen-bond acceptors (Lipinski definition) is 8. The van der Waals surface area contributed by atoms with Crippen LogP contribution < -0.4 is 0 Å². The molecule has 0 bridgehead atoms. The number of aryl methyl sites for hydroxylation is 4. The van der Waals surface area contributed by atoms with E-state index < -0.39 is 0 Å². The Morgan fingerprint density at radius 2 is 0.556 bits per heavy atom. The summed E-state index contributed by atoms with van der Waals surface area (Å²) in [5, 5.41) is 9.75. The smallest absolute Gasteiger partial charge is 0.0481 e. The van der Waals surface area contributed by atoms with Crippen LogP contribution in [0, 0.1) is 0 Å². The Morgan fingerprint density at radius 1 is 0.244 bits per heavy atom. The van der Waals surface area contributed by atoms with Crippen LogP contribution in [0.2, 0.25) is 0 Å². The van der Waals surface area contributed by atoms with E-state index in [0.29, 0.717) is 0 Å². The molecule has 0 spiro atoms. The number of benzene rings is 3. The van der Waals surface area contributed by atoms with Gasteiger partial charge in [0.1, 0.15) is 0 Å². The van der Waals surface area contributed by atoms with Gasteiger partial charge in [0.15, 0.2) is 0 Å². The lowest BCUT2D eigenvalue weighted by molar-refractivity contribution is 0.608. The van der Waals surface area contributed by atoms with E-state index in [-0.39, 0.29) is 0 Å². The summed E-state index contributed by atoms with van der Waals surface area (Å²) in [6, 6.07) is 47.6.